The number of carbonyl (C=O) groups excluding carboxylic acids is 2. The van der Waals surface area contributed by atoms with Crippen LogP contribution < -0.4 is 16.4 Å². The van der Waals surface area contributed by atoms with Gasteiger partial charge in [-0.2, -0.15) is 13.2 Å². The predicted molar refractivity (Wildman–Crippen MR) is 138 cm³/mol. The Morgan fingerprint density at radius 3 is 2.55 bits per heavy atom. The van der Waals surface area contributed by atoms with Crippen LogP contribution >= 0.6 is 11.3 Å². The van der Waals surface area contributed by atoms with Crippen LogP contribution in [0.1, 0.15) is 46.5 Å². The summed E-state index contributed by atoms with van der Waals surface area (Å²) in [5.41, 5.74) is 5.84. The van der Waals surface area contributed by atoms with E-state index in [4.69, 9.17) is 5.73 Å². The summed E-state index contributed by atoms with van der Waals surface area (Å²) in [6.07, 6.45) is 0.271. The lowest BCUT2D eigenvalue weighted by atomic mass is 9.80. The number of primary amides is 1. The molecule has 5 N–H and O–H groups in total. The van der Waals surface area contributed by atoms with E-state index in [9.17, 15) is 27.9 Å². The number of hydrogen-bond acceptors (Lipinski definition) is 7. The van der Waals surface area contributed by atoms with Crippen LogP contribution in [0.15, 0.2) is 42.0 Å². The van der Waals surface area contributed by atoms with Crippen LogP contribution in [0.4, 0.5) is 18.9 Å². The molecule has 2 aromatic carbocycles. The number of nitrogens with two attached hydrogens (primary N) is 1. The second-order valence-corrected chi connectivity index (χ2v) is 10.9. The number of benzene rings is 2. The lowest BCUT2D eigenvalue weighted by Crippen LogP contribution is -2.63. The molecule has 1 aliphatic heterocycles. The average molecular weight is 548 g/mol. The summed E-state index contributed by atoms with van der Waals surface area (Å²) >= 11 is 1.47. The van der Waals surface area contributed by atoms with Gasteiger partial charge in [0.2, 0.25) is 11.8 Å². The van der Waals surface area contributed by atoms with Crippen molar-refractivity contribution >= 4 is 39.6 Å². The summed E-state index contributed by atoms with van der Waals surface area (Å²) in [5.74, 6) is -1.02. The Balaban J connectivity index is 1.15. The molecule has 1 saturated heterocycles. The number of halogens is 3. The molecule has 0 atom stereocenters. The maximum absolute atomic E-state index is 13.2. The van der Waals surface area contributed by atoms with Crippen molar-refractivity contribution in [3.63, 3.8) is 0 Å². The molecule has 1 aromatic heterocycles. The van der Waals surface area contributed by atoms with E-state index >= 15 is 0 Å². The highest BCUT2D eigenvalue weighted by atomic mass is 32.1. The second-order valence-electron chi connectivity index (χ2n) is 10.0. The number of hydrogen-bond donors (Lipinski definition) is 4. The molecule has 12 heteroatoms. The van der Waals surface area contributed by atoms with E-state index in [0.717, 1.165) is 29.9 Å². The first-order valence-electron chi connectivity index (χ1n) is 12.4. The van der Waals surface area contributed by atoms with Crippen LogP contribution in [0, 0.1) is 0 Å². The third kappa shape index (κ3) is 5.47. The number of anilines is 1. The summed E-state index contributed by atoms with van der Waals surface area (Å²) in [6.45, 7) is 1.23. The molecule has 8 nitrogen and oxygen atoms in total. The fraction of sp³-hybridized carbons (Fsp3) is 0.423. The van der Waals surface area contributed by atoms with Gasteiger partial charge in [-0.1, -0.05) is 6.07 Å². The minimum Gasteiger partial charge on any atom is -0.384 e. The van der Waals surface area contributed by atoms with Gasteiger partial charge in [0, 0.05) is 42.0 Å². The number of nitrogens with one attached hydrogen (secondary N) is 2. The van der Waals surface area contributed by atoms with Crippen molar-refractivity contribution < 1.29 is 27.9 Å². The Morgan fingerprint density at radius 2 is 1.92 bits per heavy atom. The topological polar surface area (TPSA) is 121 Å². The maximum Gasteiger partial charge on any atom is 0.416 e. The molecule has 1 aliphatic carbocycles. The first-order valence-corrected chi connectivity index (χ1v) is 13.2. The van der Waals surface area contributed by atoms with Crippen molar-refractivity contribution in [1.29, 1.82) is 0 Å². The first kappa shape index (κ1) is 26.4. The van der Waals surface area contributed by atoms with Crippen molar-refractivity contribution in [2.24, 2.45) is 5.73 Å². The summed E-state index contributed by atoms with van der Waals surface area (Å²) in [4.78, 5) is 31.6. The molecular weight excluding hydrogens is 519 g/mol. The minimum atomic E-state index is -4.53. The van der Waals surface area contributed by atoms with Gasteiger partial charge in [-0.3, -0.25) is 19.5 Å². The summed E-state index contributed by atoms with van der Waals surface area (Å²) in [5, 5.41) is 17.4. The van der Waals surface area contributed by atoms with Gasteiger partial charge in [0.25, 0.3) is 0 Å². The number of likely N-dealkylation sites (tertiary alicyclic amines) is 1. The van der Waals surface area contributed by atoms with Crippen LogP contribution in [0.25, 0.3) is 10.8 Å². The molecule has 0 bridgehead atoms. The quantitative estimate of drug-likeness (QED) is 0.360. The Labute approximate surface area is 221 Å². The zero-order valence-electron chi connectivity index (χ0n) is 20.4. The molecule has 38 heavy (non-hydrogen) atoms. The van der Waals surface area contributed by atoms with Crippen LogP contribution in [0.5, 0.6) is 0 Å². The van der Waals surface area contributed by atoms with Gasteiger partial charge in [-0.05, 0) is 55.3 Å². The maximum atomic E-state index is 13.2. The highest BCUT2D eigenvalue weighted by Gasteiger charge is 2.41. The normalized spacial score (nSPS) is 22.7. The summed E-state index contributed by atoms with van der Waals surface area (Å²) in [6, 6.07) is 6.32. The third-order valence-corrected chi connectivity index (χ3v) is 8.44. The fourth-order valence-electron chi connectivity index (χ4n) is 5.32. The number of nitrogens with zero attached hydrogens (tertiary/aromatic N) is 2. The number of thiazole rings is 1. The largest absolute Gasteiger partial charge is 0.416 e. The highest BCUT2D eigenvalue weighted by Crippen LogP contribution is 2.41. The smallest absolute Gasteiger partial charge is 0.384 e. The van der Waals surface area contributed by atoms with Crippen LogP contribution in [-0.4, -0.2) is 58.5 Å². The van der Waals surface area contributed by atoms with E-state index in [-0.39, 0.29) is 35.1 Å². The second kappa shape index (κ2) is 10.2. The molecule has 0 radical (unpaired) electrons. The number of fused-ring (bicyclic) bond motifs is 1. The molecule has 2 fully saturated rings. The van der Waals surface area contributed by atoms with Gasteiger partial charge in [0.15, 0.2) is 0 Å². The third-order valence-electron chi connectivity index (χ3n) is 7.47. The van der Waals surface area contributed by atoms with Crippen LogP contribution in [0.2, 0.25) is 0 Å². The monoisotopic (exact) mass is 547 g/mol. The lowest BCUT2D eigenvalue weighted by Gasteiger charge is -2.48. The zero-order valence-corrected chi connectivity index (χ0v) is 21.2. The highest BCUT2D eigenvalue weighted by molar-refractivity contribution is 7.09. The SMILES string of the molecule is NC(=O)c1cc(NCC(=O)NC2CN([C@H]3CC[C@@](O)(c4cncs4)CC3)C2)c2cc(C(F)(F)F)ccc2c1. The van der Waals surface area contributed by atoms with Crippen LogP contribution in [-0.2, 0) is 16.6 Å². The van der Waals surface area contributed by atoms with Crippen molar-refractivity contribution in [1.82, 2.24) is 15.2 Å². The Bertz CT molecular complexity index is 1330. The number of amides is 2. The Hall–Kier alpha value is -3.22. The Morgan fingerprint density at radius 1 is 1.18 bits per heavy atom. The molecule has 202 valence electrons. The number of rotatable bonds is 7. The molecule has 2 aliphatic rings. The van der Waals surface area contributed by atoms with E-state index in [1.54, 1.807) is 11.7 Å². The number of carbonyl (C=O) groups is 2. The first-order chi connectivity index (χ1) is 18.0. The van der Waals surface area contributed by atoms with Crippen molar-refractivity contribution in [3.05, 3.63) is 58.0 Å². The van der Waals surface area contributed by atoms with Crippen molar-refractivity contribution in [2.45, 2.75) is 49.5 Å². The number of alkyl halides is 3. The van der Waals surface area contributed by atoms with Crippen molar-refractivity contribution in [2.75, 3.05) is 25.0 Å². The zero-order chi connectivity index (χ0) is 27.1. The molecule has 2 amide bonds. The van der Waals surface area contributed by atoms with Gasteiger partial charge < -0.3 is 21.5 Å². The molecule has 2 heterocycles. The minimum absolute atomic E-state index is 0.0304. The average Bonchev–Trinajstić information content (AvgIpc) is 3.40. The number of aromatic nitrogens is 1. The van der Waals surface area contributed by atoms with Crippen molar-refractivity contribution in [3.8, 4) is 0 Å². The van der Waals surface area contributed by atoms with Gasteiger partial charge in [-0.15, -0.1) is 11.3 Å². The molecule has 5 rings (SSSR count). The van der Waals surface area contributed by atoms with Crippen LogP contribution in [0.3, 0.4) is 0 Å². The molecule has 3 aromatic rings. The van der Waals surface area contributed by atoms with Gasteiger partial charge in [0.05, 0.1) is 28.5 Å². The van der Waals surface area contributed by atoms with E-state index in [2.05, 4.69) is 20.5 Å². The molecule has 0 spiro atoms. The standard InChI is InChI=1S/C26H28F3N5O3S/c27-26(28,29)17-2-1-15-7-16(24(30)36)8-21(20(15)9-17)32-11-23(35)33-18-12-34(13-18)19-3-5-25(37,6-4-19)22-10-31-14-38-22/h1-2,7-10,14,18-19,32,37H,3-6,11-13H2,(H2,30,36)(H,33,35)/t19-,25-. The molecular formula is C26H28F3N5O3S. The van der Waals surface area contributed by atoms with E-state index in [1.807, 2.05) is 0 Å². The Kier molecular flexibility index (Phi) is 7.05. The fourth-order valence-corrected chi connectivity index (χ4v) is 6.10. The molecule has 1 saturated carbocycles. The predicted octanol–water partition coefficient (Wildman–Crippen LogP) is 3.46. The molecule has 0 unspecified atom stereocenters. The van der Waals surface area contributed by atoms with Gasteiger partial charge >= 0.3 is 6.18 Å². The number of aliphatic hydroxyl groups is 1. The van der Waals surface area contributed by atoms with E-state index < -0.39 is 23.2 Å². The van der Waals surface area contributed by atoms with E-state index in [0.29, 0.717) is 37.4 Å². The lowest BCUT2D eigenvalue weighted by molar-refractivity contribution is -0.137. The summed E-state index contributed by atoms with van der Waals surface area (Å²) < 4.78 is 39.7. The van der Waals surface area contributed by atoms with Gasteiger partial charge in [-0.25, -0.2) is 0 Å². The van der Waals surface area contributed by atoms with Gasteiger partial charge in [0.1, 0.15) is 5.60 Å². The van der Waals surface area contributed by atoms with E-state index in [1.165, 1.54) is 29.5 Å². The summed E-state index contributed by atoms with van der Waals surface area (Å²) in [7, 11) is 0.